The standard InChI is InChI=1S/C11H11NO5S/c1-6(18(2,15)16)10-12-8-5-3-4-7(11(13)14)9(8)17-10/h3-6H,1-2H3,(H,13,14). The maximum Gasteiger partial charge on any atom is 0.339 e. The molecule has 0 spiro atoms. The molecule has 0 saturated carbocycles. The van der Waals surface area contributed by atoms with Crippen LogP contribution < -0.4 is 0 Å². The number of nitrogens with zero attached hydrogens (tertiary/aromatic N) is 1. The van der Waals surface area contributed by atoms with Crippen LogP contribution in [0.1, 0.15) is 28.4 Å². The first kappa shape index (κ1) is 12.6. The molecule has 1 heterocycles. The number of sulfone groups is 1. The van der Waals surface area contributed by atoms with E-state index in [9.17, 15) is 13.2 Å². The number of carbonyl (C=O) groups is 1. The molecule has 2 rings (SSSR count). The van der Waals surface area contributed by atoms with Crippen LogP contribution in [0.2, 0.25) is 0 Å². The van der Waals surface area contributed by atoms with E-state index in [1.807, 2.05) is 0 Å². The van der Waals surface area contributed by atoms with Gasteiger partial charge in [-0.05, 0) is 19.1 Å². The van der Waals surface area contributed by atoms with Gasteiger partial charge in [0.1, 0.15) is 16.3 Å². The van der Waals surface area contributed by atoms with Crippen molar-refractivity contribution in [2.45, 2.75) is 12.2 Å². The number of aromatic carboxylic acids is 1. The summed E-state index contributed by atoms with van der Waals surface area (Å²) in [6.45, 7) is 1.44. The van der Waals surface area contributed by atoms with E-state index >= 15 is 0 Å². The second kappa shape index (κ2) is 4.09. The number of aromatic nitrogens is 1. The Hall–Kier alpha value is -1.89. The number of carboxylic acid groups (broad SMARTS) is 1. The number of hydrogen-bond donors (Lipinski definition) is 1. The average molecular weight is 269 g/mol. The van der Waals surface area contributed by atoms with Crippen LogP contribution in [0.25, 0.3) is 11.1 Å². The second-order valence-electron chi connectivity index (χ2n) is 3.98. The highest BCUT2D eigenvalue weighted by molar-refractivity contribution is 7.90. The van der Waals surface area contributed by atoms with Crippen molar-refractivity contribution in [1.29, 1.82) is 0 Å². The lowest BCUT2D eigenvalue weighted by Crippen LogP contribution is -2.07. The van der Waals surface area contributed by atoms with Gasteiger partial charge < -0.3 is 9.52 Å². The summed E-state index contributed by atoms with van der Waals surface area (Å²) in [4.78, 5) is 15.0. The molecule has 2 aromatic rings. The van der Waals surface area contributed by atoms with Crippen LogP contribution in [0.15, 0.2) is 22.6 Å². The molecule has 18 heavy (non-hydrogen) atoms. The molecule has 6 nitrogen and oxygen atoms in total. The van der Waals surface area contributed by atoms with Crippen LogP contribution in [-0.2, 0) is 9.84 Å². The van der Waals surface area contributed by atoms with Crippen molar-refractivity contribution in [3.05, 3.63) is 29.7 Å². The van der Waals surface area contributed by atoms with Gasteiger partial charge >= 0.3 is 5.97 Å². The molecule has 0 aliphatic carbocycles. The Labute approximate surface area is 103 Å². The van der Waals surface area contributed by atoms with Crippen molar-refractivity contribution >= 4 is 26.9 Å². The first-order valence-electron chi connectivity index (χ1n) is 5.12. The van der Waals surface area contributed by atoms with Crippen molar-refractivity contribution in [1.82, 2.24) is 4.98 Å². The third kappa shape index (κ3) is 2.08. The van der Waals surface area contributed by atoms with Gasteiger partial charge in [0.25, 0.3) is 0 Å². The van der Waals surface area contributed by atoms with Gasteiger partial charge in [-0.2, -0.15) is 0 Å². The number of para-hydroxylation sites is 1. The van der Waals surface area contributed by atoms with E-state index in [1.165, 1.54) is 19.1 Å². The lowest BCUT2D eigenvalue weighted by atomic mass is 10.2. The van der Waals surface area contributed by atoms with E-state index in [0.717, 1.165) is 6.26 Å². The minimum atomic E-state index is -3.34. The number of oxazole rings is 1. The van der Waals surface area contributed by atoms with Gasteiger partial charge in [-0.1, -0.05) is 6.07 Å². The number of carboxylic acids is 1. The molecule has 1 N–H and O–H groups in total. The predicted molar refractivity (Wildman–Crippen MR) is 64.2 cm³/mol. The fourth-order valence-corrected chi connectivity index (χ4v) is 1.96. The molecule has 0 saturated heterocycles. The van der Waals surface area contributed by atoms with Crippen LogP contribution in [0.3, 0.4) is 0 Å². The minimum absolute atomic E-state index is 0.00111. The molecule has 0 bridgehead atoms. The summed E-state index contributed by atoms with van der Waals surface area (Å²) >= 11 is 0. The van der Waals surface area contributed by atoms with Crippen LogP contribution in [0.4, 0.5) is 0 Å². The Kier molecular flexibility index (Phi) is 2.86. The molecule has 7 heteroatoms. The summed E-state index contributed by atoms with van der Waals surface area (Å²) in [6, 6.07) is 4.48. The fraction of sp³-hybridized carbons (Fsp3) is 0.273. The quantitative estimate of drug-likeness (QED) is 0.909. The summed E-state index contributed by atoms with van der Waals surface area (Å²) in [5.41, 5.74) is 0.392. The smallest absolute Gasteiger partial charge is 0.339 e. The number of benzene rings is 1. The molecule has 96 valence electrons. The molecule has 0 radical (unpaired) electrons. The Morgan fingerprint density at radius 3 is 2.67 bits per heavy atom. The van der Waals surface area contributed by atoms with Gasteiger partial charge in [-0.15, -0.1) is 0 Å². The van der Waals surface area contributed by atoms with Gasteiger partial charge in [-0.3, -0.25) is 0 Å². The third-order valence-electron chi connectivity index (χ3n) is 2.65. The monoisotopic (exact) mass is 269 g/mol. The zero-order valence-electron chi connectivity index (χ0n) is 9.75. The minimum Gasteiger partial charge on any atom is -0.478 e. The summed E-state index contributed by atoms with van der Waals surface area (Å²) in [7, 11) is -3.34. The second-order valence-corrected chi connectivity index (χ2v) is 6.35. The predicted octanol–water partition coefficient (Wildman–Crippen LogP) is 1.63. The normalized spacial score (nSPS) is 13.7. The molecule has 1 unspecified atom stereocenters. The van der Waals surface area contributed by atoms with Crippen molar-refractivity contribution in [2.24, 2.45) is 0 Å². The Balaban J connectivity index is 2.65. The first-order chi connectivity index (χ1) is 8.30. The van der Waals surface area contributed by atoms with Crippen LogP contribution in [0, 0.1) is 0 Å². The Morgan fingerprint density at radius 2 is 2.11 bits per heavy atom. The van der Waals surface area contributed by atoms with E-state index < -0.39 is 21.1 Å². The highest BCUT2D eigenvalue weighted by Crippen LogP contribution is 2.26. The number of rotatable bonds is 3. The molecule has 0 aliphatic rings. The highest BCUT2D eigenvalue weighted by Gasteiger charge is 2.24. The summed E-state index contributed by atoms with van der Waals surface area (Å²) < 4.78 is 28.1. The zero-order valence-corrected chi connectivity index (χ0v) is 10.6. The molecular formula is C11H11NO5S. The van der Waals surface area contributed by atoms with Crippen LogP contribution >= 0.6 is 0 Å². The van der Waals surface area contributed by atoms with Crippen molar-refractivity contribution in [3.63, 3.8) is 0 Å². The average Bonchev–Trinajstić information content (AvgIpc) is 2.69. The van der Waals surface area contributed by atoms with Gasteiger partial charge in [0.15, 0.2) is 15.4 Å². The lowest BCUT2D eigenvalue weighted by molar-refractivity contribution is 0.0698. The fourth-order valence-electron chi connectivity index (χ4n) is 1.49. The highest BCUT2D eigenvalue weighted by atomic mass is 32.2. The third-order valence-corrected chi connectivity index (χ3v) is 4.14. The van der Waals surface area contributed by atoms with Gasteiger partial charge in [0, 0.05) is 6.26 Å². The van der Waals surface area contributed by atoms with E-state index in [1.54, 1.807) is 6.07 Å². The van der Waals surface area contributed by atoms with Gasteiger partial charge in [-0.25, -0.2) is 18.2 Å². The topological polar surface area (TPSA) is 97.5 Å². The maximum absolute atomic E-state index is 11.4. The van der Waals surface area contributed by atoms with Crippen molar-refractivity contribution in [3.8, 4) is 0 Å². The molecule has 1 aromatic carbocycles. The Morgan fingerprint density at radius 1 is 1.44 bits per heavy atom. The SMILES string of the molecule is CC(c1nc2cccc(C(=O)O)c2o1)S(C)(=O)=O. The first-order valence-corrected chi connectivity index (χ1v) is 7.08. The lowest BCUT2D eigenvalue weighted by Gasteiger charge is -2.02. The van der Waals surface area contributed by atoms with Crippen molar-refractivity contribution < 1.29 is 22.7 Å². The van der Waals surface area contributed by atoms with Gasteiger partial charge in [0.2, 0.25) is 5.89 Å². The summed E-state index contributed by atoms with van der Waals surface area (Å²) in [6.07, 6.45) is 1.07. The van der Waals surface area contributed by atoms with Crippen LogP contribution in [0.5, 0.6) is 0 Å². The molecule has 0 fully saturated rings. The van der Waals surface area contributed by atoms with E-state index in [-0.39, 0.29) is 17.0 Å². The maximum atomic E-state index is 11.4. The molecule has 0 amide bonds. The van der Waals surface area contributed by atoms with E-state index in [0.29, 0.717) is 5.52 Å². The molecular weight excluding hydrogens is 258 g/mol. The molecule has 1 aromatic heterocycles. The van der Waals surface area contributed by atoms with E-state index in [2.05, 4.69) is 4.98 Å². The number of fused-ring (bicyclic) bond motifs is 1. The Bertz CT molecular complexity index is 716. The summed E-state index contributed by atoms with van der Waals surface area (Å²) in [5, 5.41) is 8.07. The largest absolute Gasteiger partial charge is 0.478 e. The summed E-state index contributed by atoms with van der Waals surface area (Å²) in [5.74, 6) is -1.14. The van der Waals surface area contributed by atoms with Crippen LogP contribution in [-0.4, -0.2) is 30.7 Å². The van der Waals surface area contributed by atoms with Gasteiger partial charge in [0.05, 0.1) is 0 Å². The van der Waals surface area contributed by atoms with Crippen molar-refractivity contribution in [2.75, 3.05) is 6.26 Å². The van der Waals surface area contributed by atoms with E-state index in [4.69, 9.17) is 9.52 Å². The zero-order chi connectivity index (χ0) is 13.5. The molecule has 0 aliphatic heterocycles. The molecule has 1 atom stereocenters. The number of hydrogen-bond acceptors (Lipinski definition) is 5.